The normalized spacial score (nSPS) is 21.1. The summed E-state index contributed by atoms with van der Waals surface area (Å²) in [5.41, 5.74) is 2.35. The van der Waals surface area contributed by atoms with Crippen LogP contribution in [0.2, 0.25) is 0 Å². The molecule has 5 nitrogen and oxygen atoms in total. The maximum absolute atomic E-state index is 13.0. The molecule has 1 N–H and O–H groups in total. The fraction of sp³-hybridized carbons (Fsp3) is 0.458. The standard InChI is InChI=1S/C24H31N3O2/c1-19(24(28)27-14-11-22(18-27)26-15-12-25-13-16-26)29-23-10-6-5-9-21(23)17-20-7-3-2-4-8-20/h2-10,19,22,25H,11-18H2,1H3. The van der Waals surface area contributed by atoms with E-state index in [-0.39, 0.29) is 5.91 Å². The highest BCUT2D eigenvalue weighted by Crippen LogP contribution is 2.24. The van der Waals surface area contributed by atoms with Gasteiger partial charge < -0.3 is 15.0 Å². The molecular weight excluding hydrogens is 362 g/mol. The Hall–Kier alpha value is -2.37. The van der Waals surface area contributed by atoms with Crippen LogP contribution in [0.1, 0.15) is 24.5 Å². The Kier molecular flexibility index (Phi) is 6.47. The summed E-state index contributed by atoms with van der Waals surface area (Å²) in [6.07, 6.45) is 1.38. The largest absolute Gasteiger partial charge is 0.481 e. The van der Waals surface area contributed by atoms with Crippen LogP contribution in [0.25, 0.3) is 0 Å². The van der Waals surface area contributed by atoms with Crippen LogP contribution < -0.4 is 10.1 Å². The van der Waals surface area contributed by atoms with Gasteiger partial charge in [-0.3, -0.25) is 9.69 Å². The molecule has 154 valence electrons. The lowest BCUT2D eigenvalue weighted by Crippen LogP contribution is -2.50. The zero-order valence-corrected chi connectivity index (χ0v) is 17.2. The van der Waals surface area contributed by atoms with Gasteiger partial charge in [0.15, 0.2) is 6.10 Å². The minimum Gasteiger partial charge on any atom is -0.481 e. The van der Waals surface area contributed by atoms with Crippen LogP contribution in [0.5, 0.6) is 5.75 Å². The molecular formula is C24H31N3O2. The Morgan fingerprint density at radius 3 is 2.59 bits per heavy atom. The van der Waals surface area contributed by atoms with Crippen molar-refractivity contribution in [1.29, 1.82) is 0 Å². The number of hydrogen-bond acceptors (Lipinski definition) is 4. The molecule has 0 bridgehead atoms. The highest BCUT2D eigenvalue weighted by Gasteiger charge is 2.33. The molecule has 29 heavy (non-hydrogen) atoms. The lowest BCUT2D eigenvalue weighted by Gasteiger charge is -2.32. The Morgan fingerprint density at radius 1 is 1.07 bits per heavy atom. The number of para-hydroxylation sites is 1. The van der Waals surface area contributed by atoms with Crippen molar-refractivity contribution >= 4 is 5.91 Å². The van der Waals surface area contributed by atoms with E-state index in [0.717, 1.165) is 63.4 Å². The van der Waals surface area contributed by atoms with Gasteiger partial charge in [0, 0.05) is 51.7 Å². The van der Waals surface area contributed by atoms with Crippen molar-refractivity contribution in [2.24, 2.45) is 0 Å². The number of piperazine rings is 1. The van der Waals surface area contributed by atoms with E-state index in [0.29, 0.717) is 6.04 Å². The monoisotopic (exact) mass is 393 g/mol. The molecule has 1 amide bonds. The van der Waals surface area contributed by atoms with Gasteiger partial charge in [0.25, 0.3) is 5.91 Å². The predicted octanol–water partition coefficient (Wildman–Crippen LogP) is 2.55. The highest BCUT2D eigenvalue weighted by molar-refractivity contribution is 5.81. The van der Waals surface area contributed by atoms with Crippen LogP contribution in [-0.4, -0.2) is 67.1 Å². The maximum atomic E-state index is 13.0. The summed E-state index contributed by atoms with van der Waals surface area (Å²) >= 11 is 0. The predicted molar refractivity (Wildman–Crippen MR) is 115 cm³/mol. The molecule has 2 aromatic carbocycles. The minimum atomic E-state index is -0.478. The second-order valence-corrected chi connectivity index (χ2v) is 8.04. The molecule has 0 aliphatic carbocycles. The molecule has 0 saturated carbocycles. The van der Waals surface area contributed by atoms with Crippen molar-refractivity contribution in [3.63, 3.8) is 0 Å². The van der Waals surface area contributed by atoms with Crippen molar-refractivity contribution in [2.45, 2.75) is 31.9 Å². The van der Waals surface area contributed by atoms with Crippen LogP contribution in [0.3, 0.4) is 0 Å². The van der Waals surface area contributed by atoms with E-state index in [2.05, 4.69) is 28.4 Å². The van der Waals surface area contributed by atoms with E-state index in [1.54, 1.807) is 0 Å². The summed E-state index contributed by atoms with van der Waals surface area (Å²) < 4.78 is 6.16. The number of nitrogens with one attached hydrogen (secondary N) is 1. The summed E-state index contributed by atoms with van der Waals surface area (Å²) in [7, 11) is 0. The van der Waals surface area contributed by atoms with Gasteiger partial charge in [-0.15, -0.1) is 0 Å². The smallest absolute Gasteiger partial charge is 0.263 e. The van der Waals surface area contributed by atoms with E-state index >= 15 is 0 Å². The number of carbonyl (C=O) groups is 1. The first-order chi connectivity index (χ1) is 14.2. The first kappa shape index (κ1) is 19.9. The molecule has 2 heterocycles. The molecule has 2 aromatic rings. The lowest BCUT2D eigenvalue weighted by molar-refractivity contribution is -0.137. The fourth-order valence-corrected chi connectivity index (χ4v) is 4.37. The maximum Gasteiger partial charge on any atom is 0.263 e. The molecule has 0 radical (unpaired) electrons. The summed E-state index contributed by atoms with van der Waals surface area (Å²) in [6.45, 7) is 7.76. The molecule has 2 aliphatic rings. The zero-order valence-electron chi connectivity index (χ0n) is 17.2. The van der Waals surface area contributed by atoms with Gasteiger partial charge >= 0.3 is 0 Å². The van der Waals surface area contributed by atoms with Gasteiger partial charge in [0.2, 0.25) is 0 Å². The van der Waals surface area contributed by atoms with Gasteiger partial charge in [0.1, 0.15) is 5.75 Å². The van der Waals surface area contributed by atoms with Crippen molar-refractivity contribution in [3.8, 4) is 5.75 Å². The molecule has 0 spiro atoms. The van der Waals surface area contributed by atoms with Crippen molar-refractivity contribution in [1.82, 2.24) is 15.1 Å². The number of benzene rings is 2. The van der Waals surface area contributed by atoms with Gasteiger partial charge in [-0.05, 0) is 30.5 Å². The summed E-state index contributed by atoms with van der Waals surface area (Å²) in [5.74, 6) is 0.896. The van der Waals surface area contributed by atoms with Crippen LogP contribution in [0.15, 0.2) is 54.6 Å². The van der Waals surface area contributed by atoms with E-state index in [1.165, 1.54) is 5.56 Å². The lowest BCUT2D eigenvalue weighted by atomic mass is 10.0. The second kappa shape index (κ2) is 9.42. The third kappa shape index (κ3) is 4.98. The number of amides is 1. The molecule has 2 aliphatic heterocycles. The molecule has 0 aromatic heterocycles. The number of rotatable bonds is 6. The quantitative estimate of drug-likeness (QED) is 0.819. The van der Waals surface area contributed by atoms with E-state index in [4.69, 9.17) is 4.74 Å². The first-order valence-corrected chi connectivity index (χ1v) is 10.7. The van der Waals surface area contributed by atoms with Crippen LogP contribution in [0.4, 0.5) is 0 Å². The zero-order chi connectivity index (χ0) is 20.1. The summed E-state index contributed by atoms with van der Waals surface area (Å²) in [4.78, 5) is 17.5. The van der Waals surface area contributed by atoms with Gasteiger partial charge in [-0.25, -0.2) is 0 Å². The Balaban J connectivity index is 1.37. The number of hydrogen-bond donors (Lipinski definition) is 1. The fourth-order valence-electron chi connectivity index (χ4n) is 4.37. The average Bonchev–Trinajstić information content (AvgIpc) is 3.26. The Labute approximate surface area is 173 Å². The SMILES string of the molecule is CC(Oc1ccccc1Cc1ccccc1)C(=O)N1CCC(N2CCNCC2)C1. The molecule has 2 saturated heterocycles. The Bertz CT molecular complexity index is 805. The van der Waals surface area contributed by atoms with Gasteiger partial charge in [0.05, 0.1) is 0 Å². The van der Waals surface area contributed by atoms with Crippen molar-refractivity contribution in [2.75, 3.05) is 39.3 Å². The average molecular weight is 394 g/mol. The number of ether oxygens (including phenoxy) is 1. The third-order valence-electron chi connectivity index (χ3n) is 6.00. The minimum absolute atomic E-state index is 0.0946. The van der Waals surface area contributed by atoms with Gasteiger partial charge in [-0.1, -0.05) is 48.5 Å². The number of nitrogens with zero attached hydrogens (tertiary/aromatic N) is 2. The molecule has 2 unspecified atom stereocenters. The molecule has 2 fully saturated rings. The number of likely N-dealkylation sites (tertiary alicyclic amines) is 1. The number of carbonyl (C=O) groups excluding carboxylic acids is 1. The summed E-state index contributed by atoms with van der Waals surface area (Å²) in [5, 5.41) is 3.40. The van der Waals surface area contributed by atoms with E-state index in [9.17, 15) is 4.79 Å². The van der Waals surface area contributed by atoms with Crippen LogP contribution in [0, 0.1) is 0 Å². The molecule has 5 heteroatoms. The van der Waals surface area contributed by atoms with Crippen LogP contribution >= 0.6 is 0 Å². The Morgan fingerprint density at radius 2 is 1.79 bits per heavy atom. The van der Waals surface area contributed by atoms with E-state index in [1.807, 2.05) is 48.2 Å². The van der Waals surface area contributed by atoms with Crippen molar-refractivity contribution < 1.29 is 9.53 Å². The van der Waals surface area contributed by atoms with Crippen LogP contribution in [-0.2, 0) is 11.2 Å². The second-order valence-electron chi connectivity index (χ2n) is 8.04. The third-order valence-corrected chi connectivity index (χ3v) is 6.00. The first-order valence-electron chi connectivity index (χ1n) is 10.7. The summed E-state index contributed by atoms with van der Waals surface area (Å²) in [6, 6.07) is 18.9. The van der Waals surface area contributed by atoms with Gasteiger partial charge in [-0.2, -0.15) is 0 Å². The highest BCUT2D eigenvalue weighted by atomic mass is 16.5. The molecule has 4 rings (SSSR count). The molecule has 2 atom stereocenters. The topological polar surface area (TPSA) is 44.8 Å². The van der Waals surface area contributed by atoms with E-state index < -0.39 is 6.10 Å². The van der Waals surface area contributed by atoms with Crippen molar-refractivity contribution in [3.05, 3.63) is 65.7 Å².